The molecule has 0 bridgehead atoms. The van der Waals surface area contributed by atoms with Crippen LogP contribution in [0.1, 0.15) is 13.8 Å². The molecule has 0 amide bonds. The summed E-state index contributed by atoms with van der Waals surface area (Å²) >= 11 is 0. The van der Waals surface area contributed by atoms with Gasteiger partial charge in [-0.1, -0.05) is 24.8 Å². The second kappa shape index (κ2) is 8.52. The van der Waals surface area contributed by atoms with Gasteiger partial charge in [0, 0.05) is 5.57 Å². The highest BCUT2D eigenvalue weighted by Crippen LogP contribution is 2.09. The minimum absolute atomic E-state index is 0.170. The van der Waals surface area contributed by atoms with Crippen LogP contribution in [0.15, 0.2) is 54.3 Å². The van der Waals surface area contributed by atoms with Gasteiger partial charge in [0.05, 0.1) is 5.57 Å². The lowest BCUT2D eigenvalue weighted by atomic mass is 10.3. The van der Waals surface area contributed by atoms with Crippen molar-refractivity contribution in [3.63, 3.8) is 0 Å². The number of carboxylic acid groups (broad SMARTS) is 2. The number of hydrogen-bond donors (Lipinski definition) is 2. The fourth-order valence-corrected chi connectivity index (χ4v) is 0.706. The number of carbonyl (C=O) groups is 2. The molecular weight excluding hydrogens is 248 g/mol. The first-order valence-electron chi connectivity index (χ1n) is 5.35. The molecule has 1 aromatic rings. The van der Waals surface area contributed by atoms with Crippen LogP contribution in [0.25, 0.3) is 0 Å². The van der Waals surface area contributed by atoms with E-state index in [0.717, 1.165) is 0 Å². The molecule has 0 atom stereocenters. The Morgan fingerprint density at radius 3 is 1.95 bits per heavy atom. The molecule has 0 spiro atoms. The van der Waals surface area contributed by atoms with Gasteiger partial charge >= 0.3 is 11.9 Å². The average Bonchev–Trinajstić information content (AvgIpc) is 2.37. The Hall–Kier alpha value is -2.56. The summed E-state index contributed by atoms with van der Waals surface area (Å²) in [5.74, 6) is -1.28. The van der Waals surface area contributed by atoms with E-state index in [1.165, 1.54) is 20.1 Å². The SMILES string of the molecule is C=C(C)C(=O)O.CC(=COc1ccccc1)C(=O)O. The van der Waals surface area contributed by atoms with Crippen molar-refractivity contribution in [1.82, 2.24) is 0 Å². The highest BCUT2D eigenvalue weighted by atomic mass is 16.5. The summed E-state index contributed by atoms with van der Waals surface area (Å²) in [5.41, 5.74) is 0.346. The first kappa shape index (κ1) is 16.4. The van der Waals surface area contributed by atoms with Crippen molar-refractivity contribution in [1.29, 1.82) is 0 Å². The molecule has 0 unspecified atom stereocenters. The lowest BCUT2D eigenvalue weighted by Crippen LogP contribution is -1.97. The van der Waals surface area contributed by atoms with E-state index in [1.54, 1.807) is 12.1 Å². The van der Waals surface area contributed by atoms with Gasteiger partial charge in [0.1, 0.15) is 12.0 Å². The van der Waals surface area contributed by atoms with Crippen LogP contribution in [0.3, 0.4) is 0 Å². The molecule has 1 aromatic carbocycles. The number of aliphatic carboxylic acids is 2. The predicted molar refractivity (Wildman–Crippen MR) is 70.9 cm³/mol. The van der Waals surface area contributed by atoms with Gasteiger partial charge in [-0.15, -0.1) is 0 Å². The maximum atomic E-state index is 10.4. The highest BCUT2D eigenvalue weighted by Gasteiger charge is 1.99. The van der Waals surface area contributed by atoms with Gasteiger partial charge in [0.15, 0.2) is 0 Å². The number of hydrogen-bond acceptors (Lipinski definition) is 3. The first-order valence-corrected chi connectivity index (χ1v) is 5.35. The van der Waals surface area contributed by atoms with Crippen molar-refractivity contribution >= 4 is 11.9 Å². The molecule has 0 saturated carbocycles. The van der Waals surface area contributed by atoms with Crippen LogP contribution in [-0.2, 0) is 9.59 Å². The molecule has 0 aliphatic carbocycles. The molecule has 5 nitrogen and oxygen atoms in total. The number of carboxylic acids is 2. The monoisotopic (exact) mass is 264 g/mol. The molecule has 5 heteroatoms. The standard InChI is InChI=1S/C10H10O3.C4H6O2/c1-8(10(11)12)7-13-9-5-3-2-4-6-9;1-3(2)4(5)6/h2-7H,1H3,(H,11,12);1H2,2H3,(H,5,6). The topological polar surface area (TPSA) is 83.8 Å². The smallest absolute Gasteiger partial charge is 0.334 e. The predicted octanol–water partition coefficient (Wildman–Crippen LogP) is 2.70. The summed E-state index contributed by atoms with van der Waals surface area (Å²) in [6.45, 7) is 6.08. The zero-order valence-electron chi connectivity index (χ0n) is 10.8. The molecule has 102 valence electrons. The van der Waals surface area contributed by atoms with Crippen LogP contribution in [0.4, 0.5) is 0 Å². The molecule has 0 fully saturated rings. The lowest BCUT2D eigenvalue weighted by molar-refractivity contribution is -0.133. The van der Waals surface area contributed by atoms with Crippen molar-refractivity contribution < 1.29 is 24.5 Å². The lowest BCUT2D eigenvalue weighted by Gasteiger charge is -1.99. The van der Waals surface area contributed by atoms with Crippen LogP contribution in [0, 0.1) is 0 Å². The zero-order valence-corrected chi connectivity index (χ0v) is 10.8. The van der Waals surface area contributed by atoms with E-state index >= 15 is 0 Å². The Morgan fingerprint density at radius 2 is 1.58 bits per heavy atom. The molecule has 0 aromatic heterocycles. The van der Waals surface area contributed by atoms with E-state index in [0.29, 0.717) is 5.75 Å². The minimum atomic E-state index is -0.976. The third-order valence-electron chi connectivity index (χ3n) is 1.82. The number of para-hydroxylation sites is 1. The molecule has 0 heterocycles. The molecular formula is C14H16O5. The van der Waals surface area contributed by atoms with E-state index in [9.17, 15) is 9.59 Å². The third kappa shape index (κ3) is 8.20. The van der Waals surface area contributed by atoms with Crippen molar-refractivity contribution in [3.05, 3.63) is 54.3 Å². The van der Waals surface area contributed by atoms with Crippen molar-refractivity contribution in [2.45, 2.75) is 13.8 Å². The summed E-state index contributed by atoms with van der Waals surface area (Å²) in [6.07, 6.45) is 1.22. The van der Waals surface area contributed by atoms with E-state index in [4.69, 9.17) is 14.9 Å². The fourth-order valence-electron chi connectivity index (χ4n) is 0.706. The number of benzene rings is 1. The summed E-state index contributed by atoms with van der Waals surface area (Å²) in [7, 11) is 0. The second-order valence-corrected chi connectivity index (χ2v) is 3.62. The highest BCUT2D eigenvalue weighted by molar-refractivity contribution is 5.85. The average molecular weight is 264 g/mol. The summed E-state index contributed by atoms with van der Waals surface area (Å²) < 4.78 is 5.09. The van der Waals surface area contributed by atoms with E-state index in [2.05, 4.69) is 6.58 Å². The molecule has 1 rings (SSSR count). The summed E-state index contributed by atoms with van der Waals surface area (Å²) in [4.78, 5) is 20.0. The van der Waals surface area contributed by atoms with Gasteiger partial charge in [-0.25, -0.2) is 9.59 Å². The molecule has 19 heavy (non-hydrogen) atoms. The van der Waals surface area contributed by atoms with Crippen LogP contribution in [0.5, 0.6) is 5.75 Å². The van der Waals surface area contributed by atoms with Crippen LogP contribution >= 0.6 is 0 Å². The minimum Gasteiger partial charge on any atom is -0.478 e. The Balaban J connectivity index is 0.000000459. The molecule has 2 N–H and O–H groups in total. The second-order valence-electron chi connectivity index (χ2n) is 3.62. The number of rotatable bonds is 4. The Morgan fingerprint density at radius 1 is 1.11 bits per heavy atom. The van der Waals surface area contributed by atoms with Gasteiger partial charge in [-0.2, -0.15) is 0 Å². The molecule has 0 saturated heterocycles. The first-order chi connectivity index (χ1) is 8.84. The van der Waals surface area contributed by atoms with E-state index in [1.807, 2.05) is 18.2 Å². The fraction of sp³-hybridized carbons (Fsp3) is 0.143. The largest absolute Gasteiger partial charge is 0.478 e. The van der Waals surface area contributed by atoms with Crippen LogP contribution in [0.2, 0.25) is 0 Å². The van der Waals surface area contributed by atoms with Gasteiger partial charge in [-0.3, -0.25) is 0 Å². The molecule has 0 aliphatic rings. The Labute approximate surface area is 111 Å². The van der Waals surface area contributed by atoms with Gasteiger partial charge in [0.25, 0.3) is 0 Å². The summed E-state index contributed by atoms with van der Waals surface area (Å²) in [5, 5.41) is 16.4. The maximum absolute atomic E-state index is 10.4. The van der Waals surface area contributed by atoms with Crippen molar-refractivity contribution in [3.8, 4) is 5.75 Å². The Kier molecular flexibility index (Phi) is 7.37. The van der Waals surface area contributed by atoms with Gasteiger partial charge < -0.3 is 14.9 Å². The summed E-state index contributed by atoms with van der Waals surface area (Å²) in [6, 6.07) is 9.01. The van der Waals surface area contributed by atoms with Crippen LogP contribution in [-0.4, -0.2) is 22.2 Å². The molecule has 0 aliphatic heterocycles. The number of ether oxygens (including phenoxy) is 1. The van der Waals surface area contributed by atoms with Gasteiger partial charge in [0.2, 0.25) is 0 Å². The quantitative estimate of drug-likeness (QED) is 0.645. The van der Waals surface area contributed by atoms with E-state index in [-0.39, 0.29) is 11.1 Å². The normalized spacial score (nSPS) is 9.89. The van der Waals surface area contributed by atoms with Gasteiger partial charge in [-0.05, 0) is 26.0 Å². The zero-order chi connectivity index (χ0) is 14.8. The molecule has 0 radical (unpaired) electrons. The third-order valence-corrected chi connectivity index (χ3v) is 1.82. The van der Waals surface area contributed by atoms with Crippen molar-refractivity contribution in [2.75, 3.05) is 0 Å². The van der Waals surface area contributed by atoms with E-state index < -0.39 is 11.9 Å². The maximum Gasteiger partial charge on any atom is 0.334 e. The Bertz CT molecular complexity index is 462. The van der Waals surface area contributed by atoms with Crippen LogP contribution < -0.4 is 4.74 Å². The van der Waals surface area contributed by atoms with Crippen molar-refractivity contribution in [2.24, 2.45) is 0 Å².